The Morgan fingerprint density at radius 3 is 2.33 bits per heavy atom. The van der Waals surface area contributed by atoms with Gasteiger partial charge in [-0.1, -0.05) is 17.7 Å². The molecule has 8 nitrogen and oxygen atoms in total. The topological polar surface area (TPSA) is 99.2 Å². The Morgan fingerprint density at radius 1 is 1.21 bits per heavy atom. The highest BCUT2D eigenvalue weighted by atomic mass is 32.2. The first-order chi connectivity index (χ1) is 11.2. The van der Waals surface area contributed by atoms with E-state index in [1.54, 1.807) is 12.1 Å². The number of phosphoric acid groups is 1. The summed E-state index contributed by atoms with van der Waals surface area (Å²) in [4.78, 5) is 12.4. The van der Waals surface area contributed by atoms with Gasteiger partial charge < -0.3 is 4.52 Å². The van der Waals surface area contributed by atoms with Gasteiger partial charge in [0.2, 0.25) is 10.0 Å². The fraction of sp³-hybridized carbons (Fsp3) is 0.500. The predicted molar refractivity (Wildman–Crippen MR) is 85.8 cm³/mol. The third kappa shape index (κ3) is 3.87. The van der Waals surface area contributed by atoms with E-state index in [-0.39, 0.29) is 17.9 Å². The number of carbonyl (C=O) groups excluding carboxylic acids is 1. The van der Waals surface area contributed by atoms with Gasteiger partial charge in [-0.05, 0) is 31.9 Å². The van der Waals surface area contributed by atoms with E-state index in [9.17, 15) is 17.8 Å². The summed E-state index contributed by atoms with van der Waals surface area (Å²) in [7, 11) is -5.72. The lowest BCUT2D eigenvalue weighted by molar-refractivity contribution is -0.139. The standard InChI is InChI=1S/C14H20NO7PS/c1-11-6-8-12(9-7-11)24(18,19)15-10-4-5-13(15)14(16)22-23(17,20-2)21-3/h6-9,13H,4-5,10H2,1-3H3/t13-/m0/s1. The van der Waals surface area contributed by atoms with Crippen molar-refractivity contribution in [2.45, 2.75) is 30.7 Å². The zero-order chi connectivity index (χ0) is 18.0. The number of hydrogen-bond acceptors (Lipinski definition) is 7. The Kier molecular flexibility index (Phi) is 5.83. The summed E-state index contributed by atoms with van der Waals surface area (Å²) in [5.41, 5.74) is 0.924. The van der Waals surface area contributed by atoms with Crippen LogP contribution in [0.4, 0.5) is 0 Å². The van der Waals surface area contributed by atoms with Crippen LogP contribution >= 0.6 is 7.82 Å². The number of carbonyl (C=O) groups is 1. The summed E-state index contributed by atoms with van der Waals surface area (Å²) in [6, 6.07) is 5.27. The molecule has 1 saturated heterocycles. The van der Waals surface area contributed by atoms with Crippen molar-refractivity contribution in [2.75, 3.05) is 20.8 Å². The van der Waals surface area contributed by atoms with Crippen molar-refractivity contribution in [2.24, 2.45) is 0 Å². The van der Waals surface area contributed by atoms with E-state index in [0.29, 0.717) is 6.42 Å². The van der Waals surface area contributed by atoms with Crippen LogP contribution in [0.3, 0.4) is 0 Å². The van der Waals surface area contributed by atoms with E-state index in [0.717, 1.165) is 24.1 Å². The maximum Gasteiger partial charge on any atom is 0.531 e. The molecule has 1 heterocycles. The van der Waals surface area contributed by atoms with Crippen molar-refractivity contribution >= 4 is 23.8 Å². The van der Waals surface area contributed by atoms with Crippen molar-refractivity contribution in [3.8, 4) is 0 Å². The van der Waals surface area contributed by atoms with Crippen LogP contribution in [-0.4, -0.2) is 45.5 Å². The van der Waals surface area contributed by atoms with Crippen LogP contribution in [0, 0.1) is 6.92 Å². The minimum Gasteiger partial charge on any atom is -0.369 e. The Hall–Kier alpha value is -1.25. The van der Waals surface area contributed by atoms with Crippen LogP contribution in [0.5, 0.6) is 0 Å². The van der Waals surface area contributed by atoms with Gasteiger partial charge >= 0.3 is 13.8 Å². The van der Waals surface area contributed by atoms with Gasteiger partial charge in [0.05, 0.1) is 4.90 Å². The van der Waals surface area contributed by atoms with Gasteiger partial charge in [0, 0.05) is 20.8 Å². The Morgan fingerprint density at radius 2 is 1.79 bits per heavy atom. The molecule has 1 aromatic carbocycles. The highest BCUT2D eigenvalue weighted by molar-refractivity contribution is 7.89. The summed E-state index contributed by atoms with van der Waals surface area (Å²) in [5.74, 6) is -0.949. The lowest BCUT2D eigenvalue weighted by Gasteiger charge is -2.23. The number of rotatable bonds is 6. The zero-order valence-electron chi connectivity index (χ0n) is 13.7. The first-order valence-corrected chi connectivity index (χ1v) is 10.2. The molecule has 0 radical (unpaired) electrons. The second-order valence-electron chi connectivity index (χ2n) is 5.31. The minimum absolute atomic E-state index is 0.0921. The number of nitrogens with zero attached hydrogens (tertiary/aromatic N) is 1. The fourth-order valence-corrected chi connectivity index (χ4v) is 4.72. The lowest BCUT2D eigenvalue weighted by Crippen LogP contribution is -2.41. The fourth-order valence-electron chi connectivity index (χ4n) is 2.43. The van der Waals surface area contributed by atoms with Crippen LogP contribution in [0.2, 0.25) is 0 Å². The Labute approximate surface area is 141 Å². The molecule has 10 heteroatoms. The molecule has 0 unspecified atom stereocenters. The normalized spacial score (nSPS) is 19.4. The van der Waals surface area contributed by atoms with Crippen LogP contribution in [0.25, 0.3) is 0 Å². The number of sulfonamides is 1. The molecule has 134 valence electrons. The third-order valence-corrected chi connectivity index (χ3v) is 6.97. The molecule has 1 aliphatic heterocycles. The lowest BCUT2D eigenvalue weighted by atomic mass is 10.2. The highest BCUT2D eigenvalue weighted by Crippen LogP contribution is 2.48. The molecule has 2 rings (SSSR count). The van der Waals surface area contributed by atoms with Gasteiger partial charge in [-0.15, -0.1) is 0 Å². The molecule has 1 atom stereocenters. The maximum absolute atomic E-state index is 12.8. The van der Waals surface area contributed by atoms with Crippen molar-refractivity contribution < 1.29 is 31.3 Å². The molecule has 0 aromatic heterocycles. The average Bonchev–Trinajstić information content (AvgIpc) is 3.05. The number of hydrogen-bond donors (Lipinski definition) is 0. The largest absolute Gasteiger partial charge is 0.531 e. The molecular weight excluding hydrogens is 357 g/mol. The van der Waals surface area contributed by atoms with Gasteiger partial charge in [0.15, 0.2) is 0 Å². The monoisotopic (exact) mass is 377 g/mol. The Balaban J connectivity index is 2.25. The van der Waals surface area contributed by atoms with Crippen LogP contribution in [0.1, 0.15) is 18.4 Å². The molecule has 0 amide bonds. The van der Waals surface area contributed by atoms with E-state index in [1.807, 2.05) is 6.92 Å². The molecule has 1 fully saturated rings. The summed E-state index contributed by atoms with van der Waals surface area (Å²) in [6.07, 6.45) is 0.770. The van der Waals surface area contributed by atoms with Crippen molar-refractivity contribution in [1.29, 1.82) is 0 Å². The van der Waals surface area contributed by atoms with Gasteiger partial charge in [-0.2, -0.15) is 4.31 Å². The van der Waals surface area contributed by atoms with Crippen LogP contribution in [-0.2, 0) is 33.0 Å². The summed E-state index contributed by atoms with van der Waals surface area (Å²) < 4.78 is 52.4. The quantitative estimate of drug-likeness (QED) is 0.700. The van der Waals surface area contributed by atoms with E-state index >= 15 is 0 Å². The molecule has 0 spiro atoms. The number of aryl methyl sites for hydroxylation is 1. The molecule has 1 aromatic rings. The second-order valence-corrected chi connectivity index (χ2v) is 9.01. The number of benzene rings is 1. The van der Waals surface area contributed by atoms with Crippen molar-refractivity contribution in [3.63, 3.8) is 0 Å². The van der Waals surface area contributed by atoms with Crippen molar-refractivity contribution in [1.82, 2.24) is 4.31 Å². The molecule has 1 aliphatic rings. The van der Waals surface area contributed by atoms with E-state index in [4.69, 9.17) is 4.52 Å². The summed E-state index contributed by atoms with van der Waals surface area (Å²) in [6.45, 7) is 2.03. The highest BCUT2D eigenvalue weighted by Gasteiger charge is 2.43. The average molecular weight is 377 g/mol. The first-order valence-electron chi connectivity index (χ1n) is 7.27. The number of phosphoric ester groups is 1. The van der Waals surface area contributed by atoms with Crippen molar-refractivity contribution in [3.05, 3.63) is 29.8 Å². The van der Waals surface area contributed by atoms with E-state index in [1.165, 1.54) is 12.1 Å². The SMILES string of the molecule is COP(=O)(OC)OC(=O)[C@@H]1CCCN1S(=O)(=O)c1ccc(C)cc1. The molecule has 24 heavy (non-hydrogen) atoms. The van der Waals surface area contributed by atoms with Gasteiger partial charge in [0.1, 0.15) is 6.04 Å². The van der Waals surface area contributed by atoms with Gasteiger partial charge in [-0.3, -0.25) is 9.05 Å². The first kappa shape index (κ1) is 19.1. The minimum atomic E-state index is -4.02. The molecule has 0 aliphatic carbocycles. The van der Waals surface area contributed by atoms with Gasteiger partial charge in [-0.25, -0.2) is 17.8 Å². The zero-order valence-corrected chi connectivity index (χ0v) is 15.4. The van der Waals surface area contributed by atoms with E-state index in [2.05, 4.69) is 9.05 Å². The van der Waals surface area contributed by atoms with Crippen LogP contribution in [0.15, 0.2) is 29.2 Å². The second kappa shape index (κ2) is 7.33. The molecule has 0 N–H and O–H groups in total. The van der Waals surface area contributed by atoms with Crippen LogP contribution < -0.4 is 0 Å². The summed E-state index contributed by atoms with van der Waals surface area (Å²) >= 11 is 0. The molecule has 0 bridgehead atoms. The summed E-state index contributed by atoms with van der Waals surface area (Å²) in [5, 5.41) is 0. The smallest absolute Gasteiger partial charge is 0.369 e. The van der Waals surface area contributed by atoms with E-state index < -0.39 is 29.9 Å². The third-order valence-electron chi connectivity index (χ3n) is 3.75. The van der Waals surface area contributed by atoms with Gasteiger partial charge in [0.25, 0.3) is 0 Å². The Bertz CT molecular complexity index is 739. The molecular formula is C14H20NO7PS. The predicted octanol–water partition coefficient (Wildman–Crippen LogP) is 2.09. The molecule has 0 saturated carbocycles. The maximum atomic E-state index is 12.8.